The number of aromatic amines is 1. The second-order valence-electron chi connectivity index (χ2n) is 4.46. The summed E-state index contributed by atoms with van der Waals surface area (Å²) in [6, 6.07) is 3.03. The lowest BCUT2D eigenvalue weighted by atomic mass is 10.1. The number of phenolic OH excluding ortho intramolecular Hbond substituents is 2. The van der Waals surface area contributed by atoms with E-state index < -0.39 is 0 Å². The minimum Gasteiger partial charge on any atom is -0.508 e. The van der Waals surface area contributed by atoms with Crippen LogP contribution in [0.25, 0.3) is 17.1 Å². The fourth-order valence-corrected chi connectivity index (χ4v) is 2.38. The summed E-state index contributed by atoms with van der Waals surface area (Å²) in [6.45, 7) is 7.54. The molecular formula is C15H17N3O2S. The third-order valence-electron chi connectivity index (χ3n) is 3.25. The molecule has 3 N–H and O–H groups in total. The van der Waals surface area contributed by atoms with Gasteiger partial charge in [0.1, 0.15) is 11.5 Å². The molecule has 21 heavy (non-hydrogen) atoms. The molecule has 110 valence electrons. The van der Waals surface area contributed by atoms with Gasteiger partial charge in [-0.15, -0.1) is 0 Å². The number of nitrogens with zero attached hydrogens (tertiary/aromatic N) is 2. The van der Waals surface area contributed by atoms with E-state index in [1.54, 1.807) is 16.7 Å². The molecule has 6 heteroatoms. The number of hydrogen-bond acceptors (Lipinski definition) is 4. The first-order valence-electron chi connectivity index (χ1n) is 6.55. The van der Waals surface area contributed by atoms with E-state index in [4.69, 9.17) is 12.2 Å². The van der Waals surface area contributed by atoms with E-state index in [1.165, 1.54) is 6.07 Å². The molecule has 0 radical (unpaired) electrons. The van der Waals surface area contributed by atoms with Crippen molar-refractivity contribution in [2.75, 3.05) is 0 Å². The van der Waals surface area contributed by atoms with Crippen LogP contribution < -0.4 is 0 Å². The van der Waals surface area contributed by atoms with Crippen molar-refractivity contribution >= 4 is 17.9 Å². The van der Waals surface area contributed by atoms with E-state index in [1.807, 2.05) is 19.9 Å². The van der Waals surface area contributed by atoms with Crippen molar-refractivity contribution in [3.63, 3.8) is 0 Å². The first-order chi connectivity index (χ1) is 10.0. The zero-order valence-corrected chi connectivity index (χ0v) is 12.7. The average Bonchev–Trinajstić information content (AvgIpc) is 2.83. The van der Waals surface area contributed by atoms with Crippen molar-refractivity contribution < 1.29 is 10.2 Å². The lowest BCUT2D eigenvalue weighted by Crippen LogP contribution is -1.99. The van der Waals surface area contributed by atoms with Crippen LogP contribution in [0.1, 0.15) is 19.4 Å². The zero-order chi connectivity index (χ0) is 15.6. The highest BCUT2D eigenvalue weighted by Crippen LogP contribution is 2.35. The number of rotatable bonds is 4. The molecule has 0 spiro atoms. The van der Waals surface area contributed by atoms with Gasteiger partial charge in [0, 0.05) is 11.8 Å². The summed E-state index contributed by atoms with van der Waals surface area (Å²) >= 11 is 5.24. The average molecular weight is 303 g/mol. The third kappa shape index (κ3) is 2.62. The minimum atomic E-state index is -0.0561. The van der Waals surface area contributed by atoms with Crippen LogP contribution in [-0.4, -0.2) is 25.0 Å². The molecule has 0 saturated carbocycles. The van der Waals surface area contributed by atoms with E-state index in [-0.39, 0.29) is 11.5 Å². The number of aryl methyl sites for hydroxylation is 1. The fraction of sp³-hybridized carbons (Fsp3) is 0.200. The van der Waals surface area contributed by atoms with Crippen LogP contribution in [0.2, 0.25) is 0 Å². The predicted molar refractivity (Wildman–Crippen MR) is 85.7 cm³/mol. The van der Waals surface area contributed by atoms with Crippen LogP contribution in [0.4, 0.5) is 0 Å². The van der Waals surface area contributed by atoms with Crippen LogP contribution in [0.3, 0.4) is 0 Å². The van der Waals surface area contributed by atoms with Crippen molar-refractivity contribution in [2.45, 2.75) is 20.3 Å². The highest BCUT2D eigenvalue weighted by atomic mass is 32.1. The summed E-state index contributed by atoms with van der Waals surface area (Å²) in [7, 11) is 0. The van der Waals surface area contributed by atoms with Crippen molar-refractivity contribution in [1.82, 2.24) is 14.8 Å². The van der Waals surface area contributed by atoms with Gasteiger partial charge in [0.2, 0.25) is 0 Å². The van der Waals surface area contributed by atoms with Crippen molar-refractivity contribution in [2.24, 2.45) is 0 Å². The molecule has 0 saturated heterocycles. The molecular weight excluding hydrogens is 286 g/mol. The molecule has 0 fully saturated rings. The molecule has 2 aromatic rings. The lowest BCUT2D eigenvalue weighted by molar-refractivity contribution is 0.447. The lowest BCUT2D eigenvalue weighted by Gasteiger charge is -2.11. The first kappa shape index (κ1) is 15.1. The van der Waals surface area contributed by atoms with Crippen molar-refractivity contribution in [3.8, 4) is 22.9 Å². The molecule has 0 aliphatic rings. The summed E-state index contributed by atoms with van der Waals surface area (Å²) in [6.07, 6.45) is 4.15. The molecule has 0 amide bonds. The van der Waals surface area contributed by atoms with Crippen LogP contribution in [0.15, 0.2) is 30.9 Å². The van der Waals surface area contributed by atoms with E-state index in [2.05, 4.69) is 16.8 Å². The van der Waals surface area contributed by atoms with Crippen LogP contribution in [-0.2, 0) is 6.42 Å². The monoisotopic (exact) mass is 303 g/mol. The van der Waals surface area contributed by atoms with Gasteiger partial charge < -0.3 is 10.2 Å². The molecule has 5 nitrogen and oxygen atoms in total. The highest BCUT2D eigenvalue weighted by Gasteiger charge is 2.16. The molecule has 2 rings (SSSR count). The molecule has 1 aromatic heterocycles. The Morgan fingerprint density at radius 2 is 2.14 bits per heavy atom. The fourth-order valence-electron chi connectivity index (χ4n) is 2.14. The maximum atomic E-state index is 10.1. The highest BCUT2D eigenvalue weighted by molar-refractivity contribution is 7.71. The van der Waals surface area contributed by atoms with E-state index in [0.717, 1.165) is 11.3 Å². The Labute approximate surface area is 127 Å². The van der Waals surface area contributed by atoms with E-state index >= 15 is 0 Å². The number of hydrogen-bond donors (Lipinski definition) is 3. The Bertz CT molecular complexity index is 772. The number of phenols is 2. The standard InChI is InChI=1S/C15H17N3O2S/c1-4-9-7-11(13(20)8-12(9)19)14-16-17-15(21)18(14)10(5-2)6-3/h5-8,19-20H,2,4H2,1,3H3,(H,17,21)/b10-6+. The summed E-state index contributed by atoms with van der Waals surface area (Å²) in [5.74, 6) is 0.481. The Kier molecular flexibility index (Phi) is 4.28. The van der Waals surface area contributed by atoms with Gasteiger partial charge in [-0.25, -0.2) is 0 Å². The second-order valence-corrected chi connectivity index (χ2v) is 4.84. The van der Waals surface area contributed by atoms with Crippen LogP contribution in [0.5, 0.6) is 11.5 Å². The Morgan fingerprint density at radius 3 is 2.71 bits per heavy atom. The molecule has 0 aliphatic heterocycles. The van der Waals surface area contributed by atoms with Gasteiger partial charge in [0.05, 0.1) is 5.56 Å². The maximum absolute atomic E-state index is 10.1. The summed E-state index contributed by atoms with van der Waals surface area (Å²) in [4.78, 5) is 0. The third-order valence-corrected chi connectivity index (χ3v) is 3.53. The first-order valence-corrected chi connectivity index (χ1v) is 6.96. The van der Waals surface area contributed by atoms with Gasteiger partial charge in [-0.2, -0.15) is 5.10 Å². The number of benzene rings is 1. The Morgan fingerprint density at radius 1 is 1.43 bits per heavy atom. The zero-order valence-electron chi connectivity index (χ0n) is 11.9. The van der Waals surface area contributed by atoms with Gasteiger partial charge >= 0.3 is 0 Å². The second kappa shape index (κ2) is 5.97. The quantitative estimate of drug-likeness (QED) is 0.595. The molecule has 0 bridgehead atoms. The Balaban J connectivity index is 2.75. The van der Waals surface area contributed by atoms with Gasteiger partial charge in [-0.05, 0) is 43.3 Å². The summed E-state index contributed by atoms with van der Waals surface area (Å²) in [5, 5.41) is 26.8. The van der Waals surface area contributed by atoms with E-state index in [9.17, 15) is 10.2 Å². The minimum absolute atomic E-state index is 0.0561. The van der Waals surface area contributed by atoms with Crippen LogP contribution in [0, 0.1) is 4.77 Å². The van der Waals surface area contributed by atoms with Gasteiger partial charge in [-0.1, -0.05) is 19.6 Å². The van der Waals surface area contributed by atoms with E-state index in [0.29, 0.717) is 22.6 Å². The topological polar surface area (TPSA) is 74.1 Å². The van der Waals surface area contributed by atoms with Crippen LogP contribution >= 0.6 is 12.2 Å². The predicted octanol–water partition coefficient (Wildman–Crippen LogP) is 3.63. The smallest absolute Gasteiger partial charge is 0.200 e. The summed E-state index contributed by atoms with van der Waals surface area (Å²) in [5.41, 5.74) is 1.98. The maximum Gasteiger partial charge on any atom is 0.200 e. The number of aromatic hydroxyl groups is 2. The van der Waals surface area contributed by atoms with Gasteiger partial charge in [0.15, 0.2) is 10.6 Å². The number of aromatic nitrogens is 3. The van der Waals surface area contributed by atoms with Crippen molar-refractivity contribution in [3.05, 3.63) is 41.2 Å². The summed E-state index contributed by atoms with van der Waals surface area (Å²) < 4.78 is 2.09. The number of nitrogens with one attached hydrogen (secondary N) is 1. The van der Waals surface area contributed by atoms with Gasteiger partial charge in [-0.3, -0.25) is 9.67 Å². The van der Waals surface area contributed by atoms with Crippen molar-refractivity contribution in [1.29, 1.82) is 0 Å². The molecule has 0 unspecified atom stereocenters. The largest absolute Gasteiger partial charge is 0.508 e. The number of allylic oxidation sites excluding steroid dienone is 3. The molecule has 1 aromatic carbocycles. The normalized spacial score (nSPS) is 11.6. The van der Waals surface area contributed by atoms with Gasteiger partial charge in [0.25, 0.3) is 0 Å². The molecule has 0 atom stereocenters. The molecule has 1 heterocycles. The SMILES string of the molecule is C=C/C(=C\C)n1c(-c2cc(CC)c(O)cc2O)n[nH]c1=S. The number of H-pyrrole nitrogens is 1. The Hall–Kier alpha value is -2.34. The molecule has 0 aliphatic carbocycles.